The van der Waals surface area contributed by atoms with Crippen LogP contribution in [0, 0.1) is 0 Å². The van der Waals surface area contributed by atoms with Crippen molar-refractivity contribution in [3.8, 4) is 0 Å². The molecule has 0 atom stereocenters. The normalized spacial score (nSPS) is 12.0. The Morgan fingerprint density at radius 2 is 1.67 bits per heavy atom. The fraction of sp³-hybridized carbons (Fsp3) is 0.300. The van der Waals surface area contributed by atoms with Gasteiger partial charge in [-0.15, -0.1) is 0 Å². The summed E-state index contributed by atoms with van der Waals surface area (Å²) in [5.74, 6) is 0. The maximum Gasteiger partial charge on any atom is 0.422 e. The molecule has 0 heterocycles. The number of sulfonamides is 1. The van der Waals surface area contributed by atoms with Gasteiger partial charge in [0.1, 0.15) is 0 Å². The fourth-order valence-corrected chi connectivity index (χ4v) is 2.52. The van der Waals surface area contributed by atoms with Crippen molar-refractivity contribution in [3.63, 3.8) is 0 Å². The van der Waals surface area contributed by atoms with Crippen molar-refractivity contribution in [1.82, 2.24) is 4.72 Å². The van der Waals surface area contributed by atoms with Crippen molar-refractivity contribution in [2.75, 3.05) is 4.72 Å². The highest BCUT2D eigenvalue weighted by atomic mass is 32.2. The van der Waals surface area contributed by atoms with Crippen LogP contribution in [0.3, 0.4) is 0 Å². The van der Waals surface area contributed by atoms with Gasteiger partial charge in [0.2, 0.25) is 10.0 Å². The Hall–Kier alpha value is -1.85. The first-order chi connectivity index (χ1) is 9.49. The van der Waals surface area contributed by atoms with Crippen LogP contribution < -0.4 is 14.6 Å². The molecular formula is C10H15N3O6S2. The molecule has 0 saturated heterocycles. The van der Waals surface area contributed by atoms with E-state index in [2.05, 4.69) is 4.74 Å². The van der Waals surface area contributed by atoms with Gasteiger partial charge in [0.15, 0.2) is 0 Å². The van der Waals surface area contributed by atoms with Crippen molar-refractivity contribution in [1.29, 1.82) is 0 Å². The van der Waals surface area contributed by atoms with Gasteiger partial charge in [-0.2, -0.15) is 8.42 Å². The van der Waals surface area contributed by atoms with E-state index in [4.69, 9.17) is 5.14 Å². The van der Waals surface area contributed by atoms with E-state index in [0.29, 0.717) is 0 Å². The molecular weight excluding hydrogens is 322 g/mol. The molecule has 11 heteroatoms. The molecule has 4 N–H and O–H groups in total. The van der Waals surface area contributed by atoms with E-state index in [0.717, 1.165) is 12.1 Å². The summed E-state index contributed by atoms with van der Waals surface area (Å²) in [6.45, 7) is 3.12. The summed E-state index contributed by atoms with van der Waals surface area (Å²) in [6.07, 6.45) is -1.60. The number of carbonyl (C=O) groups excluding carboxylic acids is 1. The number of hydrogen-bond acceptors (Lipinski definition) is 6. The molecule has 0 saturated carbocycles. The summed E-state index contributed by atoms with van der Waals surface area (Å²) < 4.78 is 53.6. The number of primary sulfonamides is 1. The summed E-state index contributed by atoms with van der Waals surface area (Å²) in [5, 5.41) is 4.91. The second-order valence-corrected chi connectivity index (χ2v) is 7.21. The maximum atomic E-state index is 11.6. The molecule has 21 heavy (non-hydrogen) atoms. The fourth-order valence-electron chi connectivity index (χ4n) is 1.24. The highest BCUT2D eigenvalue weighted by Crippen LogP contribution is 2.13. The van der Waals surface area contributed by atoms with Crippen molar-refractivity contribution in [2.45, 2.75) is 24.8 Å². The van der Waals surface area contributed by atoms with Crippen molar-refractivity contribution < 1.29 is 26.4 Å². The summed E-state index contributed by atoms with van der Waals surface area (Å²) in [5.41, 5.74) is 0.0484. The lowest BCUT2D eigenvalue weighted by Crippen LogP contribution is -2.36. The van der Waals surface area contributed by atoms with E-state index in [9.17, 15) is 21.6 Å². The van der Waals surface area contributed by atoms with E-state index in [-0.39, 0.29) is 10.6 Å². The molecule has 0 aromatic heterocycles. The zero-order chi connectivity index (χ0) is 16.3. The molecule has 1 rings (SSSR count). The third-order valence-electron chi connectivity index (χ3n) is 2.00. The SMILES string of the molecule is CC(C)OC(=O)NS(=O)(=O)Nc1ccc(S(N)(=O)=O)cc1. The minimum atomic E-state index is -4.18. The van der Waals surface area contributed by atoms with E-state index in [1.165, 1.54) is 12.1 Å². The molecule has 0 spiro atoms. The predicted octanol–water partition coefficient (Wildman–Crippen LogP) is 0.125. The summed E-state index contributed by atoms with van der Waals surface area (Å²) in [4.78, 5) is 11.0. The molecule has 0 unspecified atom stereocenters. The van der Waals surface area contributed by atoms with Gasteiger partial charge in [-0.3, -0.25) is 4.72 Å². The van der Waals surface area contributed by atoms with Gasteiger partial charge in [-0.05, 0) is 38.1 Å². The number of amides is 1. The van der Waals surface area contributed by atoms with Crippen LogP contribution in [0.4, 0.5) is 10.5 Å². The van der Waals surface area contributed by atoms with Gasteiger partial charge in [-0.1, -0.05) is 0 Å². The standard InChI is InChI=1S/C10H15N3O6S2/c1-7(2)19-10(14)13-21(17,18)12-8-3-5-9(6-4-8)20(11,15)16/h3-7,12H,1-2H3,(H,13,14)(H2,11,15,16). The molecule has 0 radical (unpaired) electrons. The molecule has 0 aliphatic carbocycles. The number of ether oxygens (including phenoxy) is 1. The molecule has 0 aliphatic rings. The van der Waals surface area contributed by atoms with E-state index < -0.39 is 32.4 Å². The summed E-state index contributed by atoms with van der Waals surface area (Å²) in [6, 6.07) is 4.62. The number of nitrogens with one attached hydrogen (secondary N) is 2. The Kier molecular flexibility index (Phi) is 5.15. The minimum absolute atomic E-state index is 0.0484. The second kappa shape index (κ2) is 6.28. The van der Waals surface area contributed by atoms with Crippen LogP contribution in [0.2, 0.25) is 0 Å². The number of benzene rings is 1. The third kappa shape index (κ3) is 5.97. The van der Waals surface area contributed by atoms with Gasteiger partial charge in [-0.25, -0.2) is 23.1 Å². The topological polar surface area (TPSA) is 145 Å². The molecule has 1 aromatic carbocycles. The smallest absolute Gasteiger partial charge is 0.422 e. The quantitative estimate of drug-likeness (QED) is 0.696. The molecule has 9 nitrogen and oxygen atoms in total. The molecule has 0 fully saturated rings. The van der Waals surface area contributed by atoms with Crippen LogP contribution in [0.15, 0.2) is 29.2 Å². The zero-order valence-corrected chi connectivity index (χ0v) is 12.9. The van der Waals surface area contributed by atoms with Gasteiger partial charge in [0, 0.05) is 0 Å². The van der Waals surface area contributed by atoms with Gasteiger partial charge < -0.3 is 4.74 Å². The second-order valence-electron chi connectivity index (χ2n) is 4.23. The molecule has 1 amide bonds. The first-order valence-electron chi connectivity index (χ1n) is 5.63. The lowest BCUT2D eigenvalue weighted by atomic mass is 10.3. The van der Waals surface area contributed by atoms with E-state index in [1.807, 2.05) is 4.72 Å². The monoisotopic (exact) mass is 337 g/mol. The Bertz CT molecular complexity index is 710. The van der Waals surface area contributed by atoms with E-state index >= 15 is 0 Å². The van der Waals surface area contributed by atoms with Gasteiger partial charge >= 0.3 is 16.3 Å². The highest BCUT2D eigenvalue weighted by Gasteiger charge is 2.16. The molecule has 1 aromatic rings. The van der Waals surface area contributed by atoms with Crippen molar-refractivity contribution in [2.24, 2.45) is 5.14 Å². The Morgan fingerprint density at radius 1 is 1.14 bits per heavy atom. The van der Waals surface area contributed by atoms with Crippen LogP contribution in [0.1, 0.15) is 13.8 Å². The number of hydrogen-bond donors (Lipinski definition) is 3. The Morgan fingerprint density at radius 3 is 2.10 bits per heavy atom. The molecule has 0 aliphatic heterocycles. The lowest BCUT2D eigenvalue weighted by molar-refractivity contribution is 0.121. The van der Waals surface area contributed by atoms with E-state index in [1.54, 1.807) is 18.6 Å². The molecule has 118 valence electrons. The summed E-state index contributed by atoms with van der Waals surface area (Å²) >= 11 is 0. The van der Waals surface area contributed by atoms with Crippen molar-refractivity contribution in [3.05, 3.63) is 24.3 Å². The first kappa shape index (κ1) is 17.2. The first-order valence-corrected chi connectivity index (χ1v) is 8.66. The molecule has 0 bridgehead atoms. The van der Waals surface area contributed by atoms with Crippen LogP contribution in [-0.4, -0.2) is 29.0 Å². The van der Waals surface area contributed by atoms with Crippen LogP contribution in [-0.2, 0) is 25.0 Å². The number of carbonyl (C=O) groups is 1. The number of anilines is 1. The largest absolute Gasteiger partial charge is 0.446 e. The Labute approximate surface area is 122 Å². The van der Waals surface area contributed by atoms with Crippen LogP contribution >= 0.6 is 0 Å². The average Bonchev–Trinajstić information content (AvgIpc) is 2.25. The average molecular weight is 337 g/mol. The maximum absolute atomic E-state index is 11.6. The number of nitrogens with two attached hydrogens (primary N) is 1. The van der Waals surface area contributed by atoms with Crippen LogP contribution in [0.25, 0.3) is 0 Å². The lowest BCUT2D eigenvalue weighted by Gasteiger charge is -2.11. The summed E-state index contributed by atoms with van der Waals surface area (Å²) in [7, 11) is -8.05. The minimum Gasteiger partial charge on any atom is -0.446 e. The van der Waals surface area contributed by atoms with Crippen molar-refractivity contribution >= 4 is 32.0 Å². The third-order valence-corrected chi connectivity index (χ3v) is 3.86. The number of rotatable bonds is 5. The van der Waals surface area contributed by atoms with Gasteiger partial charge in [0.25, 0.3) is 0 Å². The van der Waals surface area contributed by atoms with Gasteiger partial charge in [0.05, 0.1) is 16.7 Å². The predicted molar refractivity (Wildman–Crippen MR) is 75.1 cm³/mol. The Balaban J connectivity index is 2.78. The highest BCUT2D eigenvalue weighted by molar-refractivity contribution is 7.91. The van der Waals surface area contributed by atoms with Crippen LogP contribution in [0.5, 0.6) is 0 Å². The zero-order valence-electron chi connectivity index (χ0n) is 11.2.